The summed E-state index contributed by atoms with van der Waals surface area (Å²) in [6.45, 7) is 1.17. The highest BCUT2D eigenvalue weighted by Gasteiger charge is 2.40. The molecule has 20 heavy (non-hydrogen) atoms. The van der Waals surface area contributed by atoms with E-state index in [2.05, 4.69) is 5.32 Å². The average molecular weight is 273 g/mol. The number of halogens is 1. The van der Waals surface area contributed by atoms with Crippen molar-refractivity contribution in [2.45, 2.75) is 44.6 Å². The Bertz CT molecular complexity index is 465. The second-order valence-corrected chi connectivity index (χ2v) is 7.21. The minimum atomic E-state index is -0.128. The number of hydrogen-bond acceptors (Lipinski definition) is 1. The van der Waals surface area contributed by atoms with Gasteiger partial charge in [-0.05, 0) is 80.0 Å². The van der Waals surface area contributed by atoms with Crippen LogP contribution >= 0.6 is 0 Å². The summed E-state index contributed by atoms with van der Waals surface area (Å²) in [4.78, 5) is 0. The Morgan fingerprint density at radius 2 is 1.85 bits per heavy atom. The Kier molecular flexibility index (Phi) is 3.30. The molecule has 2 bridgehead atoms. The van der Waals surface area contributed by atoms with Crippen molar-refractivity contribution >= 4 is 0 Å². The molecule has 0 aliphatic heterocycles. The number of rotatable bonds is 5. The van der Waals surface area contributed by atoms with Gasteiger partial charge in [0.1, 0.15) is 5.82 Å². The van der Waals surface area contributed by atoms with Gasteiger partial charge in [0, 0.05) is 6.04 Å². The third-order valence-electron chi connectivity index (χ3n) is 5.81. The third kappa shape index (κ3) is 2.50. The quantitative estimate of drug-likeness (QED) is 0.843. The first-order valence-corrected chi connectivity index (χ1v) is 8.28. The van der Waals surface area contributed by atoms with Crippen LogP contribution < -0.4 is 5.32 Å². The Labute approximate surface area is 121 Å². The molecule has 4 atom stereocenters. The minimum absolute atomic E-state index is 0.128. The second kappa shape index (κ2) is 5.14. The van der Waals surface area contributed by atoms with Crippen molar-refractivity contribution in [3.63, 3.8) is 0 Å². The van der Waals surface area contributed by atoms with Gasteiger partial charge in [-0.1, -0.05) is 18.6 Å². The van der Waals surface area contributed by atoms with Crippen LogP contribution in [0.15, 0.2) is 24.3 Å². The van der Waals surface area contributed by atoms with Gasteiger partial charge in [-0.25, -0.2) is 4.39 Å². The SMILES string of the molecule is Fc1ccc(C(NCC2CC3CCC2C3)C2CC2)cc1. The standard InChI is InChI=1S/C18H24FN/c19-17-7-5-14(6-8-17)18(13-3-4-13)20-11-16-10-12-1-2-15(16)9-12/h5-8,12-13,15-16,18,20H,1-4,9-11H2. The van der Waals surface area contributed by atoms with Crippen LogP contribution in [-0.4, -0.2) is 6.54 Å². The fraction of sp³-hybridized carbons (Fsp3) is 0.667. The van der Waals surface area contributed by atoms with Crippen molar-refractivity contribution in [2.24, 2.45) is 23.7 Å². The van der Waals surface area contributed by atoms with Crippen molar-refractivity contribution in [1.82, 2.24) is 5.32 Å². The molecule has 3 aliphatic rings. The molecule has 0 radical (unpaired) electrons. The number of hydrogen-bond donors (Lipinski definition) is 1. The fourth-order valence-electron chi connectivity index (χ4n) is 4.56. The van der Waals surface area contributed by atoms with Crippen LogP contribution in [0.3, 0.4) is 0 Å². The van der Waals surface area contributed by atoms with Crippen molar-refractivity contribution in [2.75, 3.05) is 6.54 Å². The molecule has 1 aromatic rings. The summed E-state index contributed by atoms with van der Waals surface area (Å²) >= 11 is 0. The Balaban J connectivity index is 1.40. The maximum Gasteiger partial charge on any atom is 0.123 e. The van der Waals surface area contributed by atoms with E-state index in [1.54, 1.807) is 12.1 Å². The van der Waals surface area contributed by atoms with E-state index in [0.717, 1.165) is 23.7 Å². The molecule has 0 amide bonds. The van der Waals surface area contributed by atoms with E-state index < -0.39 is 0 Å². The van der Waals surface area contributed by atoms with Crippen LogP contribution in [0, 0.1) is 29.5 Å². The zero-order valence-electron chi connectivity index (χ0n) is 12.0. The zero-order valence-corrected chi connectivity index (χ0v) is 12.0. The normalized spacial score (nSPS) is 33.5. The van der Waals surface area contributed by atoms with Gasteiger partial charge < -0.3 is 5.32 Å². The summed E-state index contributed by atoms with van der Waals surface area (Å²) in [6, 6.07) is 7.58. The predicted molar refractivity (Wildman–Crippen MR) is 78.8 cm³/mol. The smallest absolute Gasteiger partial charge is 0.123 e. The molecule has 0 aromatic heterocycles. The van der Waals surface area contributed by atoms with Gasteiger partial charge in [0.25, 0.3) is 0 Å². The largest absolute Gasteiger partial charge is 0.309 e. The highest BCUT2D eigenvalue weighted by Crippen LogP contribution is 2.48. The third-order valence-corrected chi connectivity index (χ3v) is 5.81. The summed E-state index contributed by atoms with van der Waals surface area (Å²) in [5, 5.41) is 3.82. The lowest BCUT2D eigenvalue weighted by atomic mass is 9.88. The van der Waals surface area contributed by atoms with E-state index in [1.165, 1.54) is 50.6 Å². The first-order valence-electron chi connectivity index (χ1n) is 8.28. The molecule has 4 rings (SSSR count). The summed E-state index contributed by atoms with van der Waals surface area (Å²) in [7, 11) is 0. The molecular weight excluding hydrogens is 249 g/mol. The van der Waals surface area contributed by atoms with Gasteiger partial charge in [0.15, 0.2) is 0 Å². The monoisotopic (exact) mass is 273 g/mol. The number of nitrogens with one attached hydrogen (secondary N) is 1. The highest BCUT2D eigenvalue weighted by molar-refractivity contribution is 5.22. The highest BCUT2D eigenvalue weighted by atomic mass is 19.1. The van der Waals surface area contributed by atoms with Gasteiger partial charge in [0.05, 0.1) is 0 Å². The summed E-state index contributed by atoms with van der Waals surface area (Å²) < 4.78 is 13.1. The second-order valence-electron chi connectivity index (χ2n) is 7.21. The zero-order chi connectivity index (χ0) is 13.5. The average Bonchev–Trinajstić information content (AvgIpc) is 3.08. The maximum absolute atomic E-state index is 13.1. The van der Waals surface area contributed by atoms with E-state index in [0.29, 0.717) is 6.04 Å². The molecular formula is C18H24FN. The molecule has 1 aromatic carbocycles. The van der Waals surface area contributed by atoms with E-state index in [1.807, 2.05) is 12.1 Å². The van der Waals surface area contributed by atoms with Crippen molar-refractivity contribution in [3.05, 3.63) is 35.6 Å². The first-order chi connectivity index (χ1) is 9.79. The Morgan fingerprint density at radius 1 is 1.05 bits per heavy atom. The molecule has 2 heteroatoms. The van der Waals surface area contributed by atoms with Gasteiger partial charge in [-0.15, -0.1) is 0 Å². The molecule has 3 saturated carbocycles. The van der Waals surface area contributed by atoms with Gasteiger partial charge in [-0.3, -0.25) is 0 Å². The van der Waals surface area contributed by atoms with Crippen LogP contribution in [0.2, 0.25) is 0 Å². The van der Waals surface area contributed by atoms with Crippen LogP contribution in [0.25, 0.3) is 0 Å². The molecule has 3 aliphatic carbocycles. The number of fused-ring (bicyclic) bond motifs is 2. The molecule has 1 N–H and O–H groups in total. The molecule has 3 fully saturated rings. The summed E-state index contributed by atoms with van der Waals surface area (Å²) in [5.74, 6) is 3.56. The molecule has 0 heterocycles. The molecule has 4 unspecified atom stereocenters. The molecule has 108 valence electrons. The maximum atomic E-state index is 13.1. The van der Waals surface area contributed by atoms with E-state index in [4.69, 9.17) is 0 Å². The minimum Gasteiger partial charge on any atom is -0.309 e. The summed E-state index contributed by atoms with van der Waals surface area (Å²) in [5.41, 5.74) is 1.28. The Morgan fingerprint density at radius 3 is 2.45 bits per heavy atom. The lowest BCUT2D eigenvalue weighted by molar-refractivity contribution is 0.300. The van der Waals surface area contributed by atoms with Crippen molar-refractivity contribution < 1.29 is 4.39 Å². The van der Waals surface area contributed by atoms with E-state index >= 15 is 0 Å². The van der Waals surface area contributed by atoms with Crippen LogP contribution in [0.5, 0.6) is 0 Å². The van der Waals surface area contributed by atoms with Gasteiger partial charge >= 0.3 is 0 Å². The van der Waals surface area contributed by atoms with Gasteiger partial charge in [-0.2, -0.15) is 0 Å². The van der Waals surface area contributed by atoms with E-state index in [-0.39, 0.29) is 5.82 Å². The van der Waals surface area contributed by atoms with Crippen molar-refractivity contribution in [3.8, 4) is 0 Å². The van der Waals surface area contributed by atoms with Gasteiger partial charge in [0.2, 0.25) is 0 Å². The number of benzene rings is 1. The van der Waals surface area contributed by atoms with Crippen LogP contribution in [0.1, 0.15) is 50.1 Å². The van der Waals surface area contributed by atoms with Crippen LogP contribution in [0.4, 0.5) is 4.39 Å². The Hall–Kier alpha value is -0.890. The first kappa shape index (κ1) is 12.8. The molecule has 0 saturated heterocycles. The predicted octanol–water partition coefficient (Wildman–Crippen LogP) is 4.30. The van der Waals surface area contributed by atoms with Crippen LogP contribution in [-0.2, 0) is 0 Å². The topological polar surface area (TPSA) is 12.0 Å². The lowest BCUT2D eigenvalue weighted by Gasteiger charge is -2.26. The molecule has 0 spiro atoms. The fourth-order valence-corrected chi connectivity index (χ4v) is 4.56. The molecule has 1 nitrogen and oxygen atoms in total. The lowest BCUT2D eigenvalue weighted by Crippen LogP contribution is -2.31. The van der Waals surface area contributed by atoms with Crippen molar-refractivity contribution in [1.29, 1.82) is 0 Å². The van der Waals surface area contributed by atoms with E-state index in [9.17, 15) is 4.39 Å². The summed E-state index contributed by atoms with van der Waals surface area (Å²) in [6.07, 6.45) is 8.51.